The van der Waals surface area contributed by atoms with Crippen molar-refractivity contribution >= 4 is 17.9 Å². The van der Waals surface area contributed by atoms with Crippen LogP contribution < -0.4 is 14.8 Å². The molecule has 1 N–H and O–H groups in total. The average Bonchev–Trinajstić information content (AvgIpc) is 3.09. The van der Waals surface area contributed by atoms with E-state index < -0.39 is 4.92 Å². The first-order valence-electron chi connectivity index (χ1n) is 7.44. The molecule has 0 saturated heterocycles. The first kappa shape index (κ1) is 18.1. The highest BCUT2D eigenvalue weighted by Crippen LogP contribution is 2.27. The van der Waals surface area contributed by atoms with Gasteiger partial charge in [-0.05, 0) is 36.3 Å². The highest BCUT2D eigenvalue weighted by Gasteiger charge is 2.10. The fraction of sp³-hybridized carbons (Fsp3) is 0.235. The maximum Gasteiger partial charge on any atom is 0.433 e. The Morgan fingerprint density at radius 2 is 2.00 bits per heavy atom. The number of nitrogens with zero attached hydrogens (tertiary/aromatic N) is 1. The van der Waals surface area contributed by atoms with Crippen LogP contribution in [-0.4, -0.2) is 31.6 Å². The van der Waals surface area contributed by atoms with Gasteiger partial charge in [0.15, 0.2) is 11.5 Å². The van der Waals surface area contributed by atoms with Crippen molar-refractivity contribution in [2.45, 2.75) is 6.42 Å². The van der Waals surface area contributed by atoms with Crippen LogP contribution in [0.1, 0.15) is 11.3 Å². The molecule has 0 aliphatic heterocycles. The van der Waals surface area contributed by atoms with E-state index in [0.717, 1.165) is 5.56 Å². The topological polar surface area (TPSA) is 104 Å². The minimum absolute atomic E-state index is 0.238. The maximum absolute atomic E-state index is 11.8. The van der Waals surface area contributed by atoms with Gasteiger partial charge in [-0.2, -0.15) is 0 Å². The first-order chi connectivity index (χ1) is 12.0. The number of nitro groups is 1. The zero-order chi connectivity index (χ0) is 18.2. The van der Waals surface area contributed by atoms with E-state index in [4.69, 9.17) is 13.9 Å². The Bertz CT molecular complexity index is 781. The van der Waals surface area contributed by atoms with Crippen molar-refractivity contribution in [3.05, 3.63) is 57.8 Å². The van der Waals surface area contributed by atoms with Gasteiger partial charge in [0.25, 0.3) is 0 Å². The lowest BCUT2D eigenvalue weighted by molar-refractivity contribution is -0.402. The van der Waals surface area contributed by atoms with Gasteiger partial charge in [0.1, 0.15) is 10.7 Å². The standard InChI is InChI=1S/C17H18N2O6/c1-23-14-6-3-12(11-15(14)24-2)9-10-18-16(20)7-4-13-5-8-17(25-13)19(21)22/h3-8,11H,9-10H2,1-2H3,(H,18,20)/b7-4+. The SMILES string of the molecule is COc1ccc(CCNC(=O)/C=C/c2ccc([N+](=O)[O-])o2)cc1OC. The summed E-state index contributed by atoms with van der Waals surface area (Å²) in [5, 5.41) is 13.2. The Morgan fingerprint density at radius 1 is 1.24 bits per heavy atom. The molecule has 0 fully saturated rings. The lowest BCUT2D eigenvalue weighted by Gasteiger charge is -2.09. The van der Waals surface area contributed by atoms with Gasteiger partial charge >= 0.3 is 5.88 Å². The zero-order valence-corrected chi connectivity index (χ0v) is 13.9. The van der Waals surface area contributed by atoms with Crippen LogP contribution >= 0.6 is 0 Å². The summed E-state index contributed by atoms with van der Waals surface area (Å²) in [6, 6.07) is 8.20. The van der Waals surface area contributed by atoms with Crippen molar-refractivity contribution < 1.29 is 23.6 Å². The lowest BCUT2D eigenvalue weighted by Crippen LogP contribution is -2.23. The minimum Gasteiger partial charge on any atom is -0.493 e. The number of carbonyl (C=O) groups excluding carboxylic acids is 1. The number of methoxy groups -OCH3 is 2. The number of amides is 1. The third-order valence-electron chi connectivity index (χ3n) is 3.35. The highest BCUT2D eigenvalue weighted by atomic mass is 16.6. The molecule has 1 heterocycles. The van der Waals surface area contributed by atoms with E-state index in [9.17, 15) is 14.9 Å². The fourth-order valence-electron chi connectivity index (χ4n) is 2.11. The van der Waals surface area contributed by atoms with Crippen molar-refractivity contribution in [2.24, 2.45) is 0 Å². The molecule has 25 heavy (non-hydrogen) atoms. The molecule has 0 aliphatic rings. The molecule has 0 aliphatic carbocycles. The van der Waals surface area contributed by atoms with Gasteiger partial charge < -0.3 is 19.2 Å². The molecular weight excluding hydrogens is 328 g/mol. The van der Waals surface area contributed by atoms with E-state index in [2.05, 4.69) is 5.32 Å². The van der Waals surface area contributed by atoms with Gasteiger partial charge in [0.2, 0.25) is 5.91 Å². The third-order valence-corrected chi connectivity index (χ3v) is 3.35. The van der Waals surface area contributed by atoms with E-state index in [-0.39, 0.29) is 17.6 Å². The molecular formula is C17H18N2O6. The van der Waals surface area contributed by atoms with E-state index >= 15 is 0 Å². The van der Waals surface area contributed by atoms with Crippen molar-refractivity contribution in [3.8, 4) is 11.5 Å². The summed E-state index contributed by atoms with van der Waals surface area (Å²) in [6.07, 6.45) is 3.25. The van der Waals surface area contributed by atoms with Crippen LogP contribution in [0, 0.1) is 10.1 Å². The van der Waals surface area contributed by atoms with Crippen molar-refractivity contribution in [1.29, 1.82) is 0 Å². The molecule has 8 nitrogen and oxygen atoms in total. The molecule has 0 atom stereocenters. The smallest absolute Gasteiger partial charge is 0.433 e. The molecule has 0 unspecified atom stereocenters. The summed E-state index contributed by atoms with van der Waals surface area (Å²) >= 11 is 0. The second-order valence-electron chi connectivity index (χ2n) is 5.00. The van der Waals surface area contributed by atoms with Gasteiger partial charge in [-0.1, -0.05) is 6.07 Å². The van der Waals surface area contributed by atoms with Gasteiger partial charge in [0, 0.05) is 12.6 Å². The van der Waals surface area contributed by atoms with Gasteiger partial charge in [0.05, 0.1) is 20.3 Å². The predicted octanol–water partition coefficient (Wildman–Crippen LogP) is 2.58. The summed E-state index contributed by atoms with van der Waals surface area (Å²) in [7, 11) is 3.13. The van der Waals surface area contributed by atoms with Crippen LogP contribution in [0.2, 0.25) is 0 Å². The summed E-state index contributed by atoms with van der Waals surface area (Å²) in [5.74, 6) is 0.825. The molecule has 132 valence electrons. The Morgan fingerprint density at radius 3 is 2.64 bits per heavy atom. The van der Waals surface area contributed by atoms with Crippen LogP contribution in [0.4, 0.5) is 5.88 Å². The van der Waals surface area contributed by atoms with E-state index in [0.29, 0.717) is 24.5 Å². The number of ether oxygens (including phenoxy) is 2. The largest absolute Gasteiger partial charge is 0.493 e. The Hall–Kier alpha value is -3.29. The molecule has 2 aromatic rings. The highest BCUT2D eigenvalue weighted by molar-refractivity contribution is 5.91. The average molecular weight is 346 g/mol. The van der Waals surface area contributed by atoms with Crippen LogP contribution in [0.15, 0.2) is 40.8 Å². The summed E-state index contributed by atoms with van der Waals surface area (Å²) in [4.78, 5) is 21.6. The predicted molar refractivity (Wildman–Crippen MR) is 90.7 cm³/mol. The molecule has 2 rings (SSSR count). The van der Waals surface area contributed by atoms with E-state index in [1.165, 1.54) is 24.3 Å². The number of furan rings is 1. The summed E-state index contributed by atoms with van der Waals surface area (Å²) in [6.45, 7) is 0.428. The van der Waals surface area contributed by atoms with Gasteiger partial charge in [-0.3, -0.25) is 14.9 Å². The maximum atomic E-state index is 11.8. The number of hydrogen-bond acceptors (Lipinski definition) is 6. The molecule has 0 bridgehead atoms. The van der Waals surface area contributed by atoms with Crippen LogP contribution in [-0.2, 0) is 11.2 Å². The molecule has 0 saturated carbocycles. The normalized spacial score (nSPS) is 10.6. The van der Waals surface area contributed by atoms with Crippen molar-refractivity contribution in [3.63, 3.8) is 0 Å². The lowest BCUT2D eigenvalue weighted by atomic mass is 10.1. The fourth-order valence-corrected chi connectivity index (χ4v) is 2.11. The molecule has 0 spiro atoms. The number of rotatable bonds is 8. The molecule has 1 aromatic carbocycles. The second kappa shape index (κ2) is 8.53. The first-order valence-corrected chi connectivity index (χ1v) is 7.44. The second-order valence-corrected chi connectivity index (χ2v) is 5.00. The molecule has 1 amide bonds. The number of benzene rings is 1. The van der Waals surface area contributed by atoms with Crippen molar-refractivity contribution in [1.82, 2.24) is 5.32 Å². The number of nitrogens with one attached hydrogen (secondary N) is 1. The number of carbonyl (C=O) groups is 1. The van der Waals surface area contributed by atoms with Crippen LogP contribution in [0.25, 0.3) is 6.08 Å². The Balaban J connectivity index is 1.83. The summed E-state index contributed by atoms with van der Waals surface area (Å²) in [5.41, 5.74) is 0.989. The van der Waals surface area contributed by atoms with Gasteiger partial charge in [-0.15, -0.1) is 0 Å². The summed E-state index contributed by atoms with van der Waals surface area (Å²) < 4.78 is 15.3. The Labute approximate surface area is 144 Å². The minimum atomic E-state index is -0.638. The van der Waals surface area contributed by atoms with Crippen molar-refractivity contribution in [2.75, 3.05) is 20.8 Å². The van der Waals surface area contributed by atoms with Crippen LogP contribution in [0.3, 0.4) is 0 Å². The third kappa shape index (κ3) is 5.10. The van der Waals surface area contributed by atoms with Gasteiger partial charge in [-0.25, -0.2) is 0 Å². The zero-order valence-electron chi connectivity index (χ0n) is 13.9. The molecule has 1 aromatic heterocycles. The monoisotopic (exact) mass is 346 g/mol. The Kier molecular flexibility index (Phi) is 6.16. The van der Waals surface area contributed by atoms with E-state index in [1.807, 2.05) is 12.1 Å². The quantitative estimate of drug-likeness (QED) is 0.447. The molecule has 8 heteroatoms. The van der Waals surface area contributed by atoms with Crippen LogP contribution in [0.5, 0.6) is 11.5 Å². The number of hydrogen-bond donors (Lipinski definition) is 1. The van der Waals surface area contributed by atoms with E-state index in [1.54, 1.807) is 20.3 Å². The molecule has 0 radical (unpaired) electrons.